The summed E-state index contributed by atoms with van der Waals surface area (Å²) in [5.74, 6) is 1.22. The van der Waals surface area contributed by atoms with Gasteiger partial charge in [-0.05, 0) is 42.7 Å². The van der Waals surface area contributed by atoms with Gasteiger partial charge in [-0.15, -0.1) is 0 Å². The Morgan fingerprint density at radius 2 is 1.71 bits per heavy atom. The number of nitrogens with one attached hydrogen (secondary N) is 2. The van der Waals surface area contributed by atoms with Gasteiger partial charge >= 0.3 is 0 Å². The van der Waals surface area contributed by atoms with Crippen LogP contribution < -0.4 is 15.4 Å². The van der Waals surface area contributed by atoms with Gasteiger partial charge in [-0.2, -0.15) is 10.1 Å². The third-order valence-electron chi connectivity index (χ3n) is 6.06. The number of hydrogen-bond acceptors (Lipinski definition) is 5. The summed E-state index contributed by atoms with van der Waals surface area (Å²) < 4.78 is 7.72. The second-order valence-electron chi connectivity index (χ2n) is 8.61. The quantitative estimate of drug-likeness (QED) is 0.411. The highest BCUT2D eigenvalue weighted by Gasteiger charge is 2.33. The first-order chi connectivity index (χ1) is 17.1. The number of aryl methyl sites for hydroxylation is 1. The molecule has 0 unspecified atom stereocenters. The molecule has 4 aromatic rings. The molecule has 1 aliphatic rings. The normalized spacial score (nSPS) is 14.7. The van der Waals surface area contributed by atoms with E-state index in [0.29, 0.717) is 24.7 Å². The molecule has 1 aliphatic heterocycles. The summed E-state index contributed by atoms with van der Waals surface area (Å²) in [6, 6.07) is 25.5. The zero-order valence-electron chi connectivity index (χ0n) is 19.7. The Balaban J connectivity index is 1.36. The fourth-order valence-electron chi connectivity index (χ4n) is 4.16. The van der Waals surface area contributed by atoms with Crippen molar-refractivity contribution >= 4 is 11.9 Å². The summed E-state index contributed by atoms with van der Waals surface area (Å²) in [5.41, 5.74) is 5.65. The first kappa shape index (κ1) is 22.4. The van der Waals surface area contributed by atoms with Gasteiger partial charge in [0, 0.05) is 12.2 Å². The number of carbonyl (C=O) groups excluding carboxylic acids is 1. The number of nitrogens with zero attached hydrogens (tertiary/aromatic N) is 3. The third kappa shape index (κ3) is 4.94. The van der Waals surface area contributed by atoms with Gasteiger partial charge in [-0.1, -0.05) is 72.3 Å². The zero-order valence-corrected chi connectivity index (χ0v) is 19.7. The predicted octanol–water partition coefficient (Wildman–Crippen LogP) is 4.77. The van der Waals surface area contributed by atoms with Gasteiger partial charge in [0.25, 0.3) is 5.91 Å². The Hall–Kier alpha value is -4.39. The first-order valence-electron chi connectivity index (χ1n) is 11.6. The summed E-state index contributed by atoms with van der Waals surface area (Å²) in [7, 11) is 0. The minimum atomic E-state index is -0.407. The molecule has 7 heteroatoms. The highest BCUT2D eigenvalue weighted by Crippen LogP contribution is 2.35. The van der Waals surface area contributed by atoms with E-state index in [2.05, 4.69) is 51.9 Å². The SMILES string of the molecule is CC1=C(C(=O)NCc2ccccc2)[C@@H](c2ccc(OCc3ccc(C)cc3)cc2)n2ncnc2N1. The molecule has 1 amide bonds. The van der Waals surface area contributed by atoms with E-state index in [-0.39, 0.29) is 5.91 Å². The minimum absolute atomic E-state index is 0.148. The predicted molar refractivity (Wildman–Crippen MR) is 135 cm³/mol. The van der Waals surface area contributed by atoms with Crippen LogP contribution in [0.2, 0.25) is 0 Å². The maximum Gasteiger partial charge on any atom is 0.251 e. The summed E-state index contributed by atoms with van der Waals surface area (Å²) in [4.78, 5) is 17.7. The van der Waals surface area contributed by atoms with E-state index in [1.807, 2.05) is 61.5 Å². The topological polar surface area (TPSA) is 81.1 Å². The summed E-state index contributed by atoms with van der Waals surface area (Å²) in [6.45, 7) is 4.89. The molecule has 0 aliphatic carbocycles. The number of amides is 1. The van der Waals surface area contributed by atoms with Crippen molar-refractivity contribution in [2.75, 3.05) is 5.32 Å². The average Bonchev–Trinajstić information content (AvgIpc) is 3.35. The van der Waals surface area contributed by atoms with E-state index in [0.717, 1.165) is 28.1 Å². The molecule has 0 spiro atoms. The lowest BCUT2D eigenvalue weighted by Gasteiger charge is -2.28. The Bertz CT molecular complexity index is 1340. The molecule has 0 saturated carbocycles. The Kier molecular flexibility index (Phi) is 6.30. The van der Waals surface area contributed by atoms with Crippen LogP contribution in [0.5, 0.6) is 5.75 Å². The third-order valence-corrected chi connectivity index (χ3v) is 6.06. The molecule has 2 N–H and O–H groups in total. The van der Waals surface area contributed by atoms with Crippen LogP contribution in [-0.2, 0) is 17.9 Å². The van der Waals surface area contributed by atoms with Crippen molar-refractivity contribution in [2.24, 2.45) is 0 Å². The van der Waals surface area contributed by atoms with Crippen LogP contribution in [0.1, 0.15) is 35.2 Å². The molecule has 2 heterocycles. The number of carbonyl (C=O) groups is 1. The summed E-state index contributed by atoms with van der Waals surface area (Å²) in [6.07, 6.45) is 1.49. The lowest BCUT2D eigenvalue weighted by atomic mass is 9.95. The van der Waals surface area contributed by atoms with Crippen molar-refractivity contribution in [3.63, 3.8) is 0 Å². The second-order valence-corrected chi connectivity index (χ2v) is 8.61. The molecule has 0 fully saturated rings. The monoisotopic (exact) mass is 465 g/mol. The van der Waals surface area contributed by atoms with Crippen molar-refractivity contribution in [3.05, 3.63) is 119 Å². The maximum absolute atomic E-state index is 13.4. The number of rotatable bonds is 7. The lowest BCUT2D eigenvalue weighted by molar-refractivity contribution is -0.118. The average molecular weight is 466 g/mol. The van der Waals surface area contributed by atoms with Gasteiger partial charge in [-0.25, -0.2) is 4.68 Å². The molecule has 1 atom stereocenters. The number of benzene rings is 3. The molecule has 7 nitrogen and oxygen atoms in total. The van der Waals surface area contributed by atoms with E-state index >= 15 is 0 Å². The molecule has 35 heavy (non-hydrogen) atoms. The Morgan fingerprint density at radius 3 is 2.46 bits per heavy atom. The molecule has 0 bridgehead atoms. The number of anilines is 1. The minimum Gasteiger partial charge on any atom is -0.489 e. The fraction of sp³-hybridized carbons (Fsp3) is 0.179. The van der Waals surface area contributed by atoms with Gasteiger partial charge in [0.1, 0.15) is 24.7 Å². The van der Waals surface area contributed by atoms with Crippen LogP contribution in [0.4, 0.5) is 5.95 Å². The van der Waals surface area contributed by atoms with Crippen LogP contribution >= 0.6 is 0 Å². The smallest absolute Gasteiger partial charge is 0.251 e. The highest BCUT2D eigenvalue weighted by atomic mass is 16.5. The van der Waals surface area contributed by atoms with Crippen molar-refractivity contribution < 1.29 is 9.53 Å². The zero-order chi connectivity index (χ0) is 24.2. The standard InChI is InChI=1S/C28H27N5O2/c1-19-8-10-22(11-9-19)17-35-24-14-12-23(13-15-24)26-25(20(2)32-28-30-18-31-33(26)28)27(34)29-16-21-6-4-3-5-7-21/h3-15,18,26H,16-17H2,1-2H3,(H,29,34)(H,30,31,32)/t26-/m1/s1. The van der Waals surface area contributed by atoms with Crippen molar-refractivity contribution in [1.29, 1.82) is 0 Å². The number of hydrogen-bond donors (Lipinski definition) is 2. The van der Waals surface area contributed by atoms with Crippen LogP contribution in [0.25, 0.3) is 0 Å². The number of fused-ring (bicyclic) bond motifs is 1. The molecule has 1 aromatic heterocycles. The molecule has 0 radical (unpaired) electrons. The van der Waals surface area contributed by atoms with Crippen molar-refractivity contribution in [3.8, 4) is 5.75 Å². The van der Waals surface area contributed by atoms with Crippen molar-refractivity contribution in [2.45, 2.75) is 33.0 Å². The van der Waals surface area contributed by atoms with E-state index < -0.39 is 6.04 Å². The van der Waals surface area contributed by atoms with Gasteiger partial charge in [0.15, 0.2) is 0 Å². The Morgan fingerprint density at radius 1 is 0.971 bits per heavy atom. The first-order valence-corrected chi connectivity index (χ1v) is 11.6. The molecule has 5 rings (SSSR count). The maximum atomic E-state index is 13.4. The van der Waals surface area contributed by atoms with E-state index in [1.54, 1.807) is 4.68 Å². The summed E-state index contributed by atoms with van der Waals surface area (Å²) in [5, 5.41) is 10.7. The number of ether oxygens (including phenoxy) is 1. The molecule has 3 aromatic carbocycles. The number of aromatic nitrogens is 3. The van der Waals surface area contributed by atoms with Gasteiger partial charge in [-0.3, -0.25) is 4.79 Å². The van der Waals surface area contributed by atoms with Gasteiger partial charge in [0.2, 0.25) is 5.95 Å². The Labute approximate surface area is 204 Å². The van der Waals surface area contributed by atoms with E-state index in [4.69, 9.17) is 4.74 Å². The molecule has 0 saturated heterocycles. The van der Waals surface area contributed by atoms with Crippen LogP contribution in [0.15, 0.2) is 96.5 Å². The van der Waals surface area contributed by atoms with Gasteiger partial charge < -0.3 is 15.4 Å². The van der Waals surface area contributed by atoms with Gasteiger partial charge in [0.05, 0.1) is 5.57 Å². The highest BCUT2D eigenvalue weighted by molar-refractivity contribution is 5.96. The van der Waals surface area contributed by atoms with Crippen LogP contribution in [0, 0.1) is 6.92 Å². The molecular weight excluding hydrogens is 438 g/mol. The van der Waals surface area contributed by atoms with Crippen LogP contribution in [-0.4, -0.2) is 20.7 Å². The lowest BCUT2D eigenvalue weighted by Crippen LogP contribution is -2.34. The van der Waals surface area contributed by atoms with Crippen LogP contribution in [0.3, 0.4) is 0 Å². The molecular formula is C28H27N5O2. The largest absolute Gasteiger partial charge is 0.489 e. The summed E-state index contributed by atoms with van der Waals surface area (Å²) >= 11 is 0. The fourth-order valence-corrected chi connectivity index (χ4v) is 4.16. The van der Waals surface area contributed by atoms with Crippen molar-refractivity contribution in [1.82, 2.24) is 20.1 Å². The van der Waals surface area contributed by atoms with E-state index in [9.17, 15) is 4.79 Å². The second kappa shape index (κ2) is 9.85. The number of allylic oxidation sites excluding steroid dienone is 1. The van der Waals surface area contributed by atoms with E-state index in [1.165, 1.54) is 11.9 Å². The molecule has 176 valence electrons.